The van der Waals surface area contributed by atoms with E-state index in [-0.39, 0.29) is 0 Å². The molecule has 0 bridgehead atoms. The number of hydrogen-bond acceptors (Lipinski definition) is 2. The second-order valence-corrected chi connectivity index (χ2v) is 4.99. The van der Waals surface area contributed by atoms with Crippen molar-refractivity contribution >= 4 is 23.2 Å². The molecule has 16 heavy (non-hydrogen) atoms. The van der Waals surface area contributed by atoms with Crippen LogP contribution in [-0.2, 0) is 6.54 Å². The van der Waals surface area contributed by atoms with Crippen molar-refractivity contribution in [3.05, 3.63) is 33.8 Å². The zero-order valence-electron chi connectivity index (χ0n) is 9.10. The summed E-state index contributed by atoms with van der Waals surface area (Å²) < 4.78 is 0. The van der Waals surface area contributed by atoms with Crippen LogP contribution in [0.4, 0.5) is 0 Å². The molecule has 1 atom stereocenters. The lowest BCUT2D eigenvalue weighted by molar-refractivity contribution is 0.536. The minimum absolute atomic E-state index is 0.614. The van der Waals surface area contributed by atoms with Gasteiger partial charge in [0.2, 0.25) is 0 Å². The molecule has 1 fully saturated rings. The molecule has 1 aliphatic rings. The monoisotopic (exact) mass is 258 g/mol. The summed E-state index contributed by atoms with van der Waals surface area (Å²) in [5, 5.41) is 8.12. The van der Waals surface area contributed by atoms with E-state index in [0.717, 1.165) is 19.6 Å². The van der Waals surface area contributed by atoms with Crippen LogP contribution in [0.1, 0.15) is 18.4 Å². The Balaban J connectivity index is 1.78. The molecule has 0 aromatic heterocycles. The van der Waals surface area contributed by atoms with Crippen molar-refractivity contribution in [3.63, 3.8) is 0 Å². The highest BCUT2D eigenvalue weighted by molar-refractivity contribution is 6.42. The molecule has 2 N–H and O–H groups in total. The summed E-state index contributed by atoms with van der Waals surface area (Å²) in [5.74, 6) is 0. The molecule has 0 aliphatic carbocycles. The Hall–Kier alpha value is -0.280. The molecule has 1 saturated heterocycles. The summed E-state index contributed by atoms with van der Waals surface area (Å²) in [6.45, 7) is 3.01. The van der Waals surface area contributed by atoms with E-state index in [9.17, 15) is 0 Å². The van der Waals surface area contributed by atoms with Crippen LogP contribution in [0.3, 0.4) is 0 Å². The Bertz CT molecular complexity index is 349. The molecule has 1 aliphatic heterocycles. The van der Waals surface area contributed by atoms with E-state index in [4.69, 9.17) is 23.2 Å². The maximum absolute atomic E-state index is 5.95. The Morgan fingerprint density at radius 3 is 2.88 bits per heavy atom. The van der Waals surface area contributed by atoms with E-state index in [2.05, 4.69) is 10.6 Å². The van der Waals surface area contributed by atoms with Crippen LogP contribution in [0.2, 0.25) is 10.0 Å². The molecule has 88 valence electrons. The highest BCUT2D eigenvalue weighted by Crippen LogP contribution is 2.22. The van der Waals surface area contributed by atoms with Gasteiger partial charge in [-0.25, -0.2) is 0 Å². The number of nitrogens with one attached hydrogen (secondary N) is 2. The molecule has 0 spiro atoms. The Kier molecular flexibility index (Phi) is 4.47. The predicted molar refractivity (Wildman–Crippen MR) is 69.2 cm³/mol. The fourth-order valence-corrected chi connectivity index (χ4v) is 2.29. The highest BCUT2D eigenvalue weighted by atomic mass is 35.5. The summed E-state index contributed by atoms with van der Waals surface area (Å²) in [7, 11) is 0. The fraction of sp³-hybridized carbons (Fsp3) is 0.500. The third-order valence-electron chi connectivity index (χ3n) is 2.87. The van der Waals surface area contributed by atoms with Gasteiger partial charge >= 0.3 is 0 Å². The van der Waals surface area contributed by atoms with E-state index in [0.29, 0.717) is 16.1 Å². The molecule has 1 heterocycles. The average molecular weight is 259 g/mol. The van der Waals surface area contributed by atoms with Crippen LogP contribution < -0.4 is 10.6 Å². The van der Waals surface area contributed by atoms with Crippen LogP contribution in [0.5, 0.6) is 0 Å². The smallest absolute Gasteiger partial charge is 0.0595 e. The summed E-state index contributed by atoms with van der Waals surface area (Å²) >= 11 is 11.8. The molecule has 1 aromatic rings. The highest BCUT2D eigenvalue weighted by Gasteiger charge is 2.12. The zero-order valence-corrected chi connectivity index (χ0v) is 10.6. The van der Waals surface area contributed by atoms with Gasteiger partial charge in [0.25, 0.3) is 0 Å². The Morgan fingerprint density at radius 1 is 1.31 bits per heavy atom. The van der Waals surface area contributed by atoms with Gasteiger partial charge < -0.3 is 10.6 Å². The standard InChI is InChI=1S/C12H16Cl2N2/c13-11-4-3-9(6-12(11)14)7-15-8-10-2-1-5-16-10/h3-4,6,10,15-16H,1-2,5,7-8H2. The topological polar surface area (TPSA) is 24.1 Å². The minimum Gasteiger partial charge on any atom is -0.313 e. The van der Waals surface area contributed by atoms with Crippen molar-refractivity contribution < 1.29 is 0 Å². The second kappa shape index (κ2) is 5.87. The first-order valence-corrected chi connectivity index (χ1v) is 6.39. The number of halogens is 2. The largest absolute Gasteiger partial charge is 0.313 e. The van der Waals surface area contributed by atoms with Crippen LogP contribution in [-0.4, -0.2) is 19.1 Å². The maximum Gasteiger partial charge on any atom is 0.0595 e. The van der Waals surface area contributed by atoms with E-state index in [1.807, 2.05) is 18.2 Å². The van der Waals surface area contributed by atoms with E-state index < -0.39 is 0 Å². The molecular weight excluding hydrogens is 243 g/mol. The van der Waals surface area contributed by atoms with Gasteiger partial charge in [0.1, 0.15) is 0 Å². The first-order chi connectivity index (χ1) is 7.75. The van der Waals surface area contributed by atoms with Crippen molar-refractivity contribution in [1.82, 2.24) is 10.6 Å². The van der Waals surface area contributed by atoms with Gasteiger partial charge in [0.15, 0.2) is 0 Å². The Labute approximate surface area is 106 Å². The second-order valence-electron chi connectivity index (χ2n) is 4.17. The summed E-state index contributed by atoms with van der Waals surface area (Å²) in [5.41, 5.74) is 1.17. The summed E-state index contributed by atoms with van der Waals surface area (Å²) in [6.07, 6.45) is 2.56. The molecule has 0 radical (unpaired) electrons. The fourth-order valence-electron chi connectivity index (χ4n) is 1.97. The first kappa shape index (κ1) is 12.2. The third kappa shape index (κ3) is 3.36. The zero-order chi connectivity index (χ0) is 11.4. The third-order valence-corrected chi connectivity index (χ3v) is 3.61. The SMILES string of the molecule is Clc1ccc(CNCC2CCCN2)cc1Cl. The lowest BCUT2D eigenvalue weighted by Crippen LogP contribution is -2.33. The minimum atomic E-state index is 0.614. The van der Waals surface area contributed by atoms with Gasteiger partial charge in [-0.3, -0.25) is 0 Å². The molecule has 0 amide bonds. The predicted octanol–water partition coefficient (Wildman–Crippen LogP) is 2.84. The summed E-state index contributed by atoms with van der Waals surface area (Å²) in [6, 6.07) is 6.39. The van der Waals surface area contributed by atoms with Gasteiger partial charge in [-0.1, -0.05) is 29.3 Å². The number of benzene rings is 1. The van der Waals surface area contributed by atoms with E-state index in [1.54, 1.807) is 0 Å². The van der Waals surface area contributed by atoms with E-state index >= 15 is 0 Å². The molecular formula is C12H16Cl2N2. The number of hydrogen-bond donors (Lipinski definition) is 2. The van der Waals surface area contributed by atoms with Gasteiger partial charge in [0, 0.05) is 19.1 Å². The quantitative estimate of drug-likeness (QED) is 0.868. The van der Waals surface area contributed by atoms with E-state index in [1.165, 1.54) is 18.4 Å². The van der Waals surface area contributed by atoms with Crippen LogP contribution in [0.15, 0.2) is 18.2 Å². The molecule has 2 rings (SSSR count). The van der Waals surface area contributed by atoms with Crippen molar-refractivity contribution in [2.75, 3.05) is 13.1 Å². The van der Waals surface area contributed by atoms with Crippen LogP contribution in [0, 0.1) is 0 Å². The van der Waals surface area contributed by atoms with Gasteiger partial charge in [-0.2, -0.15) is 0 Å². The van der Waals surface area contributed by atoms with Gasteiger partial charge in [0.05, 0.1) is 10.0 Å². The van der Waals surface area contributed by atoms with Crippen molar-refractivity contribution in [1.29, 1.82) is 0 Å². The molecule has 1 unspecified atom stereocenters. The van der Waals surface area contributed by atoms with Crippen LogP contribution >= 0.6 is 23.2 Å². The van der Waals surface area contributed by atoms with Crippen LogP contribution in [0.25, 0.3) is 0 Å². The lowest BCUT2D eigenvalue weighted by atomic mass is 10.2. The van der Waals surface area contributed by atoms with Crippen molar-refractivity contribution in [2.24, 2.45) is 0 Å². The lowest BCUT2D eigenvalue weighted by Gasteiger charge is -2.11. The van der Waals surface area contributed by atoms with Crippen molar-refractivity contribution in [3.8, 4) is 0 Å². The molecule has 1 aromatic carbocycles. The van der Waals surface area contributed by atoms with Gasteiger partial charge in [-0.15, -0.1) is 0 Å². The molecule has 0 saturated carbocycles. The normalized spacial score (nSPS) is 20.2. The Morgan fingerprint density at radius 2 is 2.19 bits per heavy atom. The van der Waals surface area contributed by atoms with Gasteiger partial charge in [-0.05, 0) is 37.1 Å². The first-order valence-electron chi connectivity index (χ1n) is 5.64. The number of rotatable bonds is 4. The molecule has 4 heteroatoms. The average Bonchev–Trinajstić information content (AvgIpc) is 2.76. The molecule has 2 nitrogen and oxygen atoms in total. The maximum atomic E-state index is 5.95. The summed E-state index contributed by atoms with van der Waals surface area (Å²) in [4.78, 5) is 0. The van der Waals surface area contributed by atoms with Crippen molar-refractivity contribution in [2.45, 2.75) is 25.4 Å².